The summed E-state index contributed by atoms with van der Waals surface area (Å²) in [5.41, 5.74) is 2.21. The molecule has 6 heteroatoms. The van der Waals surface area contributed by atoms with Crippen molar-refractivity contribution in [3.05, 3.63) is 54.3 Å². The third-order valence-electron chi connectivity index (χ3n) is 3.38. The van der Waals surface area contributed by atoms with E-state index in [0.29, 0.717) is 29.3 Å². The Labute approximate surface area is 147 Å². The van der Waals surface area contributed by atoms with E-state index in [1.54, 1.807) is 25.5 Å². The quantitative estimate of drug-likeness (QED) is 0.438. The molecule has 0 aliphatic carbocycles. The summed E-state index contributed by atoms with van der Waals surface area (Å²) >= 11 is 0. The minimum Gasteiger partial charge on any atom is -0.489 e. The van der Waals surface area contributed by atoms with E-state index in [9.17, 15) is 5.26 Å². The van der Waals surface area contributed by atoms with Crippen molar-refractivity contribution in [1.82, 2.24) is 9.97 Å². The van der Waals surface area contributed by atoms with Gasteiger partial charge in [-0.2, -0.15) is 5.26 Å². The molecule has 128 valence electrons. The van der Waals surface area contributed by atoms with Gasteiger partial charge in [-0.3, -0.25) is 4.99 Å². The first kappa shape index (κ1) is 18.1. The van der Waals surface area contributed by atoms with Crippen molar-refractivity contribution in [3.63, 3.8) is 0 Å². The number of aryl methyl sites for hydroxylation is 1. The molecule has 0 spiro atoms. The highest BCUT2D eigenvalue weighted by Crippen LogP contribution is 2.28. The molecule has 0 amide bonds. The van der Waals surface area contributed by atoms with Gasteiger partial charge in [0.1, 0.15) is 29.5 Å². The van der Waals surface area contributed by atoms with Gasteiger partial charge in [0.2, 0.25) is 0 Å². The lowest BCUT2D eigenvalue weighted by atomic mass is 10.1. The number of aliphatic imine (C=N–C) groups is 1. The molecule has 0 saturated heterocycles. The van der Waals surface area contributed by atoms with Crippen LogP contribution in [0.2, 0.25) is 0 Å². The number of benzene rings is 1. The number of hydrogen-bond acceptors (Lipinski definition) is 6. The van der Waals surface area contributed by atoms with Crippen molar-refractivity contribution >= 4 is 6.40 Å². The Balaban J connectivity index is 2.18. The SMILES string of the molecule is C=C(CC(C)Oc1cc(-c2cnc(C)nc2)ccc1C#N)OC=NC. The molecule has 0 bridgehead atoms. The highest BCUT2D eigenvalue weighted by molar-refractivity contribution is 5.65. The van der Waals surface area contributed by atoms with Gasteiger partial charge in [-0.05, 0) is 31.5 Å². The third kappa shape index (κ3) is 5.15. The van der Waals surface area contributed by atoms with Gasteiger partial charge in [0.25, 0.3) is 0 Å². The Kier molecular flexibility index (Phi) is 6.24. The van der Waals surface area contributed by atoms with E-state index in [1.165, 1.54) is 6.40 Å². The van der Waals surface area contributed by atoms with Crippen molar-refractivity contribution < 1.29 is 9.47 Å². The number of hydrogen-bond donors (Lipinski definition) is 0. The fraction of sp³-hybridized carbons (Fsp3) is 0.263. The average molecular weight is 336 g/mol. The second-order valence-electron chi connectivity index (χ2n) is 5.49. The van der Waals surface area contributed by atoms with Gasteiger partial charge in [0, 0.05) is 31.4 Å². The van der Waals surface area contributed by atoms with Gasteiger partial charge >= 0.3 is 0 Å². The van der Waals surface area contributed by atoms with Crippen molar-refractivity contribution in [1.29, 1.82) is 5.26 Å². The summed E-state index contributed by atoms with van der Waals surface area (Å²) in [5.74, 6) is 1.75. The zero-order valence-corrected chi connectivity index (χ0v) is 14.6. The summed E-state index contributed by atoms with van der Waals surface area (Å²) < 4.78 is 11.1. The number of rotatable bonds is 7. The molecule has 0 aliphatic heterocycles. The lowest BCUT2D eigenvalue weighted by Crippen LogP contribution is -2.14. The average Bonchev–Trinajstić information content (AvgIpc) is 2.60. The molecule has 6 nitrogen and oxygen atoms in total. The summed E-state index contributed by atoms with van der Waals surface area (Å²) in [7, 11) is 1.62. The van der Waals surface area contributed by atoms with E-state index in [1.807, 2.05) is 26.0 Å². The van der Waals surface area contributed by atoms with E-state index >= 15 is 0 Å². The van der Waals surface area contributed by atoms with E-state index in [0.717, 1.165) is 11.1 Å². The van der Waals surface area contributed by atoms with Crippen molar-refractivity contribution in [2.75, 3.05) is 7.05 Å². The maximum Gasteiger partial charge on any atom is 0.175 e. The van der Waals surface area contributed by atoms with E-state index in [2.05, 4.69) is 27.6 Å². The molecule has 1 heterocycles. The molecule has 0 aliphatic rings. The number of ether oxygens (including phenoxy) is 2. The van der Waals surface area contributed by atoms with Crippen molar-refractivity contribution in [3.8, 4) is 22.9 Å². The minimum absolute atomic E-state index is 0.214. The molecular formula is C19H20N4O2. The van der Waals surface area contributed by atoms with E-state index in [4.69, 9.17) is 9.47 Å². The molecule has 0 saturated carbocycles. The predicted molar refractivity (Wildman–Crippen MR) is 96.3 cm³/mol. The second-order valence-corrected chi connectivity index (χ2v) is 5.49. The zero-order chi connectivity index (χ0) is 18.2. The van der Waals surface area contributed by atoms with Gasteiger partial charge in [-0.25, -0.2) is 9.97 Å². The van der Waals surface area contributed by atoms with E-state index < -0.39 is 0 Å². The maximum absolute atomic E-state index is 9.31. The fourth-order valence-electron chi connectivity index (χ4n) is 2.19. The first-order valence-electron chi connectivity index (χ1n) is 7.78. The molecule has 1 unspecified atom stereocenters. The molecule has 1 aromatic carbocycles. The first-order valence-corrected chi connectivity index (χ1v) is 7.78. The largest absolute Gasteiger partial charge is 0.489 e. The molecule has 1 atom stereocenters. The summed E-state index contributed by atoms with van der Waals surface area (Å²) in [6.45, 7) is 7.53. The molecule has 25 heavy (non-hydrogen) atoms. The smallest absolute Gasteiger partial charge is 0.175 e. The van der Waals surface area contributed by atoms with Gasteiger partial charge in [0.15, 0.2) is 6.40 Å². The standard InChI is InChI=1S/C19H20N4O2/c1-13(24-12-21-4)7-14(2)25-19-8-16(5-6-17(19)9-20)18-10-22-15(3)23-11-18/h5-6,8,10-12,14H,1,7H2,2-4H3. The summed E-state index contributed by atoms with van der Waals surface area (Å²) in [6.07, 6.45) is 5.09. The van der Waals surface area contributed by atoms with Crippen LogP contribution in [0.4, 0.5) is 0 Å². The van der Waals surface area contributed by atoms with Crippen LogP contribution in [0.1, 0.15) is 24.7 Å². The molecule has 0 fully saturated rings. The highest BCUT2D eigenvalue weighted by Gasteiger charge is 2.12. The minimum atomic E-state index is -0.214. The molecule has 2 aromatic rings. The van der Waals surface area contributed by atoms with Gasteiger partial charge < -0.3 is 9.47 Å². The molecule has 0 radical (unpaired) electrons. The third-order valence-corrected chi connectivity index (χ3v) is 3.38. The van der Waals surface area contributed by atoms with Crippen molar-refractivity contribution in [2.45, 2.75) is 26.4 Å². The maximum atomic E-state index is 9.31. The first-order chi connectivity index (χ1) is 12.0. The fourth-order valence-corrected chi connectivity index (χ4v) is 2.19. The van der Waals surface area contributed by atoms with Crippen LogP contribution in [-0.2, 0) is 4.74 Å². The van der Waals surface area contributed by atoms with E-state index in [-0.39, 0.29) is 6.10 Å². The van der Waals surface area contributed by atoms with Gasteiger partial charge in [-0.15, -0.1) is 0 Å². The Bertz CT molecular complexity index is 807. The lowest BCUT2D eigenvalue weighted by molar-refractivity contribution is 0.204. The molecule has 2 rings (SSSR count). The summed E-state index contributed by atoms with van der Waals surface area (Å²) in [5, 5.41) is 9.31. The Morgan fingerprint density at radius 2 is 2.08 bits per heavy atom. The zero-order valence-electron chi connectivity index (χ0n) is 14.6. The summed E-state index contributed by atoms with van der Waals surface area (Å²) in [4.78, 5) is 12.1. The van der Waals surface area contributed by atoms with Crippen LogP contribution in [0.25, 0.3) is 11.1 Å². The highest BCUT2D eigenvalue weighted by atomic mass is 16.5. The van der Waals surface area contributed by atoms with Crippen LogP contribution < -0.4 is 4.74 Å². The topological polar surface area (TPSA) is 80.4 Å². The normalized spacial score (nSPS) is 11.8. The van der Waals surface area contributed by atoms with Crippen molar-refractivity contribution in [2.24, 2.45) is 4.99 Å². The Hall–Kier alpha value is -3.20. The van der Waals surface area contributed by atoms with Crippen LogP contribution in [0.3, 0.4) is 0 Å². The van der Waals surface area contributed by atoms with Crippen LogP contribution in [0.15, 0.2) is 47.9 Å². The predicted octanol–water partition coefficient (Wildman–Crippen LogP) is 3.67. The monoisotopic (exact) mass is 336 g/mol. The van der Waals surface area contributed by atoms with Crippen LogP contribution in [0, 0.1) is 18.3 Å². The molecular weight excluding hydrogens is 316 g/mol. The van der Waals surface area contributed by atoms with Gasteiger partial charge in [-0.1, -0.05) is 12.6 Å². The van der Waals surface area contributed by atoms with Crippen LogP contribution in [-0.4, -0.2) is 29.5 Å². The number of aromatic nitrogens is 2. The number of nitrogens with zero attached hydrogens (tertiary/aromatic N) is 4. The van der Waals surface area contributed by atoms with Crippen LogP contribution in [0.5, 0.6) is 5.75 Å². The molecule has 0 N–H and O–H groups in total. The summed E-state index contributed by atoms with van der Waals surface area (Å²) in [6, 6.07) is 7.54. The lowest BCUT2D eigenvalue weighted by Gasteiger charge is -2.17. The molecule has 1 aromatic heterocycles. The number of nitriles is 1. The Morgan fingerprint density at radius 1 is 1.36 bits per heavy atom. The second kappa shape index (κ2) is 8.60. The Morgan fingerprint density at radius 3 is 2.72 bits per heavy atom. The van der Waals surface area contributed by atoms with Gasteiger partial charge in [0.05, 0.1) is 5.56 Å². The van der Waals surface area contributed by atoms with Crippen LogP contribution >= 0.6 is 0 Å².